The molecule has 0 aliphatic carbocycles. The maximum absolute atomic E-state index is 10.7. The van der Waals surface area contributed by atoms with Crippen molar-refractivity contribution in [1.29, 1.82) is 0 Å². The van der Waals surface area contributed by atoms with Crippen LogP contribution in [0.2, 0.25) is 0 Å². The molecule has 1 unspecified atom stereocenters. The molecule has 0 saturated heterocycles. The first-order valence-corrected chi connectivity index (χ1v) is 5.37. The van der Waals surface area contributed by atoms with Crippen LogP contribution in [-0.4, -0.2) is 28.8 Å². The second kappa shape index (κ2) is 5.47. The van der Waals surface area contributed by atoms with Gasteiger partial charge in [0.15, 0.2) is 0 Å². The second-order valence-corrected chi connectivity index (χ2v) is 4.79. The number of hydrogen-bond donors (Lipinski definition) is 2. The van der Waals surface area contributed by atoms with Gasteiger partial charge in [-0.2, -0.15) is 0 Å². The first kappa shape index (κ1) is 14.4. The Morgan fingerprint density at radius 1 is 1.40 bits per heavy atom. The van der Waals surface area contributed by atoms with Gasteiger partial charge >= 0.3 is 5.97 Å². The van der Waals surface area contributed by atoms with E-state index in [9.17, 15) is 4.79 Å². The van der Waals surface area contributed by atoms with Crippen LogP contribution in [-0.2, 0) is 9.53 Å². The zero-order chi connectivity index (χ0) is 12.1. The first-order valence-electron chi connectivity index (χ1n) is 5.37. The first-order chi connectivity index (χ1) is 6.71. The molecule has 0 aromatic heterocycles. The predicted molar refractivity (Wildman–Crippen MR) is 59.8 cm³/mol. The maximum atomic E-state index is 10.7. The maximum Gasteiger partial charge on any atom is 0.323 e. The number of aliphatic carboxylic acids is 1. The predicted octanol–water partition coefficient (Wildman–Crippen LogP) is 1.77. The number of rotatable bonds is 7. The Kier molecular flexibility index (Phi) is 5.24. The molecule has 0 saturated carbocycles. The van der Waals surface area contributed by atoms with Gasteiger partial charge in [0.25, 0.3) is 0 Å². The van der Waals surface area contributed by atoms with Gasteiger partial charge in [-0.1, -0.05) is 6.92 Å². The van der Waals surface area contributed by atoms with Crippen LogP contribution in [0.1, 0.15) is 47.0 Å². The summed E-state index contributed by atoms with van der Waals surface area (Å²) in [6.45, 7) is 8.18. The van der Waals surface area contributed by atoms with Crippen molar-refractivity contribution >= 4 is 5.97 Å². The number of hydrogen-bond acceptors (Lipinski definition) is 3. The Balaban J connectivity index is 3.77. The lowest BCUT2D eigenvalue weighted by molar-refractivity contribution is -0.143. The number of carbonyl (C=O) groups is 1. The molecule has 4 heteroatoms. The third-order valence-corrected chi connectivity index (χ3v) is 2.67. The van der Waals surface area contributed by atoms with Crippen LogP contribution in [0.3, 0.4) is 0 Å². The Morgan fingerprint density at radius 3 is 2.33 bits per heavy atom. The lowest BCUT2D eigenvalue weighted by Crippen LogP contribution is -2.45. The molecule has 1 atom stereocenters. The second-order valence-electron chi connectivity index (χ2n) is 4.79. The summed E-state index contributed by atoms with van der Waals surface area (Å²) in [7, 11) is 0. The minimum atomic E-state index is -1.14. The van der Waals surface area contributed by atoms with Crippen LogP contribution >= 0.6 is 0 Å². The van der Waals surface area contributed by atoms with E-state index in [1.807, 2.05) is 13.8 Å². The number of nitrogens with two attached hydrogens (primary N) is 1. The van der Waals surface area contributed by atoms with Gasteiger partial charge in [0.1, 0.15) is 5.54 Å². The van der Waals surface area contributed by atoms with Crippen molar-refractivity contribution in [3.63, 3.8) is 0 Å². The molecular weight excluding hydrogens is 194 g/mol. The summed E-state index contributed by atoms with van der Waals surface area (Å²) in [6.07, 6.45) is 2.04. The summed E-state index contributed by atoms with van der Waals surface area (Å²) in [6, 6.07) is 0. The molecule has 3 N–H and O–H groups in total. The highest BCUT2D eigenvalue weighted by Gasteiger charge is 2.27. The minimum Gasteiger partial charge on any atom is -0.480 e. The van der Waals surface area contributed by atoms with E-state index in [4.69, 9.17) is 15.6 Å². The molecule has 0 rings (SSSR count). The molecule has 0 heterocycles. The van der Waals surface area contributed by atoms with Gasteiger partial charge < -0.3 is 15.6 Å². The summed E-state index contributed by atoms with van der Waals surface area (Å²) in [5, 5.41) is 8.78. The standard InChI is InChI=1S/C11H23NO3/c1-5-10(2,3)15-8-6-7-11(4,12)9(13)14/h5-8,12H2,1-4H3,(H,13,14). The fraction of sp³-hybridized carbons (Fsp3) is 0.909. The zero-order valence-electron chi connectivity index (χ0n) is 10.2. The summed E-state index contributed by atoms with van der Waals surface area (Å²) in [4.78, 5) is 10.7. The Labute approximate surface area is 91.8 Å². The lowest BCUT2D eigenvalue weighted by atomic mass is 9.98. The largest absolute Gasteiger partial charge is 0.480 e. The fourth-order valence-electron chi connectivity index (χ4n) is 0.997. The molecule has 0 bridgehead atoms. The van der Waals surface area contributed by atoms with E-state index in [1.54, 1.807) is 0 Å². The van der Waals surface area contributed by atoms with Gasteiger partial charge in [-0.25, -0.2) is 0 Å². The average molecular weight is 217 g/mol. The van der Waals surface area contributed by atoms with Crippen molar-refractivity contribution in [1.82, 2.24) is 0 Å². The topological polar surface area (TPSA) is 72.5 Å². The lowest BCUT2D eigenvalue weighted by Gasteiger charge is -2.25. The summed E-state index contributed by atoms with van der Waals surface area (Å²) in [5.74, 6) is -0.961. The van der Waals surface area contributed by atoms with E-state index >= 15 is 0 Å². The fourth-order valence-corrected chi connectivity index (χ4v) is 0.997. The smallest absolute Gasteiger partial charge is 0.323 e. The third-order valence-electron chi connectivity index (χ3n) is 2.67. The van der Waals surface area contributed by atoms with Gasteiger partial charge in [0.2, 0.25) is 0 Å². The van der Waals surface area contributed by atoms with Crippen LogP contribution in [0.4, 0.5) is 0 Å². The van der Waals surface area contributed by atoms with Crippen LogP contribution in [0.25, 0.3) is 0 Å². The molecule has 0 aromatic rings. The highest BCUT2D eigenvalue weighted by molar-refractivity contribution is 5.77. The molecule has 0 aromatic carbocycles. The molecular formula is C11H23NO3. The molecule has 15 heavy (non-hydrogen) atoms. The summed E-state index contributed by atoms with van der Waals surface area (Å²) in [5.41, 5.74) is 4.32. The SMILES string of the molecule is CCC(C)(C)OCCCC(C)(N)C(=O)O. The van der Waals surface area contributed by atoms with Crippen LogP contribution < -0.4 is 5.73 Å². The van der Waals surface area contributed by atoms with Crippen molar-refractivity contribution in [3.8, 4) is 0 Å². The summed E-state index contributed by atoms with van der Waals surface area (Å²) < 4.78 is 5.61. The summed E-state index contributed by atoms with van der Waals surface area (Å²) >= 11 is 0. The molecule has 90 valence electrons. The van der Waals surface area contributed by atoms with Crippen molar-refractivity contribution < 1.29 is 14.6 Å². The highest BCUT2D eigenvalue weighted by atomic mass is 16.5. The van der Waals surface area contributed by atoms with Crippen molar-refractivity contribution in [2.45, 2.75) is 58.1 Å². The van der Waals surface area contributed by atoms with Crippen LogP contribution in [0.15, 0.2) is 0 Å². The molecule has 0 radical (unpaired) electrons. The Bertz CT molecular complexity index is 212. The monoisotopic (exact) mass is 217 g/mol. The van der Waals surface area contributed by atoms with E-state index < -0.39 is 11.5 Å². The van der Waals surface area contributed by atoms with Gasteiger partial charge in [0.05, 0.1) is 5.60 Å². The Hall–Kier alpha value is -0.610. The normalized spacial score (nSPS) is 16.1. The highest BCUT2D eigenvalue weighted by Crippen LogP contribution is 2.15. The van der Waals surface area contributed by atoms with Gasteiger partial charge in [-0.15, -0.1) is 0 Å². The quantitative estimate of drug-likeness (QED) is 0.637. The number of carboxylic acids is 1. The van der Waals surface area contributed by atoms with E-state index in [2.05, 4.69) is 6.92 Å². The van der Waals surface area contributed by atoms with Gasteiger partial charge in [0, 0.05) is 6.61 Å². The van der Waals surface area contributed by atoms with Crippen LogP contribution in [0.5, 0.6) is 0 Å². The van der Waals surface area contributed by atoms with Crippen molar-refractivity contribution in [2.75, 3.05) is 6.61 Å². The van der Waals surface area contributed by atoms with Gasteiger partial charge in [-0.3, -0.25) is 4.79 Å². The molecule has 0 aliphatic rings. The van der Waals surface area contributed by atoms with E-state index in [0.29, 0.717) is 19.4 Å². The molecule has 0 amide bonds. The zero-order valence-corrected chi connectivity index (χ0v) is 10.2. The minimum absolute atomic E-state index is 0.131. The van der Waals surface area contributed by atoms with E-state index in [-0.39, 0.29) is 5.60 Å². The van der Waals surface area contributed by atoms with Gasteiger partial charge in [-0.05, 0) is 40.0 Å². The van der Waals surface area contributed by atoms with Crippen molar-refractivity contribution in [2.24, 2.45) is 5.73 Å². The Morgan fingerprint density at radius 2 is 1.93 bits per heavy atom. The van der Waals surface area contributed by atoms with E-state index in [1.165, 1.54) is 6.92 Å². The molecule has 0 fully saturated rings. The average Bonchev–Trinajstić information content (AvgIpc) is 2.12. The molecule has 0 aliphatic heterocycles. The van der Waals surface area contributed by atoms with Crippen molar-refractivity contribution in [3.05, 3.63) is 0 Å². The third kappa shape index (κ3) is 5.74. The number of carboxylic acid groups (broad SMARTS) is 1. The number of ether oxygens (including phenoxy) is 1. The van der Waals surface area contributed by atoms with Crippen LogP contribution in [0, 0.1) is 0 Å². The molecule has 4 nitrogen and oxygen atoms in total. The van der Waals surface area contributed by atoms with E-state index in [0.717, 1.165) is 6.42 Å². The molecule has 0 spiro atoms.